The highest BCUT2D eigenvalue weighted by molar-refractivity contribution is 7.15. The molecule has 0 fully saturated rings. The number of thiophene rings is 1. The third-order valence-corrected chi connectivity index (χ3v) is 8.75. The zero-order valence-corrected chi connectivity index (χ0v) is 22.7. The molecule has 2 aromatic heterocycles. The third kappa shape index (κ3) is 4.28. The van der Waals surface area contributed by atoms with E-state index in [1.165, 1.54) is 23.1 Å². The van der Waals surface area contributed by atoms with Crippen molar-refractivity contribution in [2.24, 2.45) is 0 Å². The van der Waals surface area contributed by atoms with E-state index in [0.29, 0.717) is 22.8 Å². The number of nitrogens with one attached hydrogen (secondary N) is 1. The molecule has 4 heterocycles. The molecule has 0 radical (unpaired) electrons. The van der Waals surface area contributed by atoms with E-state index in [4.69, 9.17) is 16.3 Å². The molecule has 194 valence electrons. The van der Waals surface area contributed by atoms with E-state index >= 15 is 0 Å². The smallest absolute Gasteiger partial charge is 0.339 e. The van der Waals surface area contributed by atoms with Crippen molar-refractivity contribution in [1.29, 1.82) is 0 Å². The second-order valence-electron chi connectivity index (χ2n) is 9.63. The number of hydrogen-bond donors (Lipinski definition) is 1. The maximum atomic E-state index is 14.2. The van der Waals surface area contributed by atoms with Crippen LogP contribution in [-0.4, -0.2) is 47.1 Å². The van der Waals surface area contributed by atoms with Gasteiger partial charge in [0.2, 0.25) is 0 Å². The van der Waals surface area contributed by atoms with Gasteiger partial charge in [-0.3, -0.25) is 0 Å². The first-order valence-electron chi connectivity index (χ1n) is 12.4. The highest BCUT2D eigenvalue weighted by Crippen LogP contribution is 2.43. The van der Waals surface area contributed by atoms with E-state index < -0.39 is 12.0 Å². The number of hydrogen-bond acceptors (Lipinski definition) is 5. The Labute approximate surface area is 230 Å². The maximum Gasteiger partial charge on any atom is 0.339 e. The van der Waals surface area contributed by atoms with Gasteiger partial charge in [-0.15, -0.1) is 11.3 Å². The summed E-state index contributed by atoms with van der Waals surface area (Å²) in [5, 5.41) is 4.77. The van der Waals surface area contributed by atoms with Gasteiger partial charge in [-0.05, 0) is 61.0 Å². The van der Waals surface area contributed by atoms with Crippen molar-refractivity contribution < 1.29 is 14.3 Å². The number of anilines is 1. The van der Waals surface area contributed by atoms with Crippen LogP contribution in [-0.2, 0) is 24.2 Å². The minimum Gasteiger partial charge on any atom is -0.465 e. The van der Waals surface area contributed by atoms with E-state index in [1.54, 1.807) is 35.6 Å². The van der Waals surface area contributed by atoms with Gasteiger partial charge in [-0.1, -0.05) is 35.9 Å². The fourth-order valence-corrected chi connectivity index (χ4v) is 7.09. The van der Waals surface area contributed by atoms with Crippen molar-refractivity contribution in [3.63, 3.8) is 0 Å². The van der Waals surface area contributed by atoms with Gasteiger partial charge in [-0.2, -0.15) is 0 Å². The first kappa shape index (κ1) is 24.7. The Bertz CT molecular complexity index is 1540. The molecular weight excluding hydrogens is 520 g/mol. The summed E-state index contributed by atoms with van der Waals surface area (Å²) < 4.78 is 7.17. The zero-order valence-electron chi connectivity index (χ0n) is 21.1. The van der Waals surface area contributed by atoms with Crippen LogP contribution >= 0.6 is 22.9 Å². The molecule has 0 spiro atoms. The van der Waals surface area contributed by atoms with Crippen molar-refractivity contribution in [2.45, 2.75) is 25.6 Å². The van der Waals surface area contributed by atoms with Gasteiger partial charge in [-0.25, -0.2) is 9.59 Å². The van der Waals surface area contributed by atoms with Crippen molar-refractivity contribution in [3.8, 4) is 5.00 Å². The van der Waals surface area contributed by atoms with Crippen LogP contribution in [0.1, 0.15) is 43.7 Å². The zero-order chi connectivity index (χ0) is 26.4. The summed E-state index contributed by atoms with van der Waals surface area (Å²) in [7, 11) is 3.47. The summed E-state index contributed by atoms with van der Waals surface area (Å²) in [5.41, 5.74) is 5.12. The SMILES string of the molecule is COC(=O)c1ccccc1NC(=O)N1Cc2c(sc3c2CCN(C)C3)-n2cccc2[C@H]1c1cccc(Cl)c1. The minimum atomic E-state index is -0.504. The molecule has 0 saturated heterocycles. The Hall–Kier alpha value is -3.59. The fraction of sp³-hybridized carbons (Fsp3) is 0.241. The standard InChI is InChI=1S/C29H27ClN4O3S/c1-32-14-12-20-22-16-34(29(36)31-23-10-4-3-9-21(23)28(35)37-2)26(18-7-5-8-19(30)15-18)24-11-6-13-33(24)27(22)38-25(20)17-32/h3-11,13,15,26H,12,14,16-17H2,1-2H3,(H,31,36)/t26-/m1/s1. The molecule has 6 rings (SSSR count). The number of methoxy groups -OCH3 is 1. The number of amides is 2. The number of esters is 1. The van der Waals surface area contributed by atoms with Gasteiger partial charge in [0.05, 0.1) is 36.6 Å². The second kappa shape index (κ2) is 9.94. The van der Waals surface area contributed by atoms with E-state index in [2.05, 4.69) is 34.1 Å². The van der Waals surface area contributed by atoms with Crippen LogP contribution in [0.5, 0.6) is 0 Å². The predicted molar refractivity (Wildman–Crippen MR) is 149 cm³/mol. The van der Waals surface area contributed by atoms with E-state index in [0.717, 1.165) is 35.8 Å². The number of benzene rings is 2. The Balaban J connectivity index is 1.49. The first-order valence-corrected chi connectivity index (χ1v) is 13.6. The number of likely N-dealkylation sites (N-methyl/N-ethyl adjacent to an activating group) is 1. The molecular formula is C29H27ClN4O3S. The Morgan fingerprint density at radius 1 is 1.05 bits per heavy atom. The molecule has 2 aliphatic heterocycles. The van der Waals surface area contributed by atoms with Gasteiger partial charge in [0, 0.05) is 34.7 Å². The van der Waals surface area contributed by atoms with Gasteiger partial charge in [0.1, 0.15) is 5.00 Å². The lowest BCUT2D eigenvalue weighted by atomic mass is 10.0. The Morgan fingerprint density at radius 2 is 1.89 bits per heavy atom. The van der Waals surface area contributed by atoms with E-state index in [9.17, 15) is 9.59 Å². The third-order valence-electron chi connectivity index (χ3n) is 7.25. The minimum absolute atomic E-state index is 0.303. The molecule has 2 aromatic carbocycles. The van der Waals surface area contributed by atoms with Crippen molar-refractivity contribution in [2.75, 3.05) is 26.0 Å². The molecule has 2 aliphatic rings. The maximum absolute atomic E-state index is 14.2. The lowest BCUT2D eigenvalue weighted by Crippen LogP contribution is -2.38. The number of rotatable bonds is 3. The van der Waals surface area contributed by atoms with Crippen LogP contribution in [0.15, 0.2) is 66.9 Å². The number of para-hydroxylation sites is 1. The Morgan fingerprint density at radius 3 is 2.71 bits per heavy atom. The fourth-order valence-electron chi connectivity index (χ4n) is 5.45. The molecule has 0 bridgehead atoms. The van der Waals surface area contributed by atoms with Gasteiger partial charge in [0.15, 0.2) is 0 Å². The number of nitrogens with zero attached hydrogens (tertiary/aromatic N) is 3. The number of fused-ring (bicyclic) bond motifs is 5. The van der Waals surface area contributed by atoms with Crippen molar-refractivity contribution >= 4 is 40.6 Å². The molecule has 1 atom stereocenters. The number of halogens is 1. The average Bonchev–Trinajstić information content (AvgIpc) is 3.49. The quantitative estimate of drug-likeness (QED) is 0.315. The lowest BCUT2D eigenvalue weighted by molar-refractivity contribution is 0.0602. The number of ether oxygens (including phenoxy) is 1. The summed E-state index contributed by atoms with van der Waals surface area (Å²) in [6.07, 6.45) is 3.02. The summed E-state index contributed by atoms with van der Waals surface area (Å²) in [5.74, 6) is -0.504. The summed E-state index contributed by atoms with van der Waals surface area (Å²) in [6, 6.07) is 17.9. The lowest BCUT2D eigenvalue weighted by Gasteiger charge is -2.32. The molecule has 0 unspecified atom stereocenters. The summed E-state index contributed by atoms with van der Waals surface area (Å²) in [6.45, 7) is 2.31. The molecule has 38 heavy (non-hydrogen) atoms. The topological polar surface area (TPSA) is 66.8 Å². The molecule has 0 aliphatic carbocycles. The van der Waals surface area contributed by atoms with E-state index in [1.807, 2.05) is 35.2 Å². The predicted octanol–water partition coefficient (Wildman–Crippen LogP) is 6.10. The molecule has 4 aromatic rings. The van der Waals surface area contributed by atoms with Crippen LogP contribution in [0.3, 0.4) is 0 Å². The second-order valence-corrected chi connectivity index (χ2v) is 11.2. The summed E-state index contributed by atoms with van der Waals surface area (Å²) in [4.78, 5) is 32.1. The average molecular weight is 547 g/mol. The molecule has 9 heteroatoms. The van der Waals surface area contributed by atoms with Crippen molar-refractivity contribution in [1.82, 2.24) is 14.4 Å². The van der Waals surface area contributed by atoms with Crippen LogP contribution in [0.25, 0.3) is 5.00 Å². The molecule has 1 N–H and O–H groups in total. The molecule has 2 amide bonds. The summed E-state index contributed by atoms with van der Waals surface area (Å²) >= 11 is 8.24. The Kier molecular flexibility index (Phi) is 6.47. The van der Waals surface area contributed by atoms with Crippen LogP contribution in [0.4, 0.5) is 10.5 Å². The largest absolute Gasteiger partial charge is 0.465 e. The van der Waals surface area contributed by atoms with Crippen LogP contribution in [0, 0.1) is 0 Å². The molecule has 7 nitrogen and oxygen atoms in total. The highest BCUT2D eigenvalue weighted by Gasteiger charge is 2.36. The molecule has 0 saturated carbocycles. The first-order chi connectivity index (χ1) is 18.4. The van der Waals surface area contributed by atoms with Crippen LogP contribution in [0.2, 0.25) is 5.02 Å². The highest BCUT2D eigenvalue weighted by atomic mass is 35.5. The number of urea groups is 1. The number of carbonyl (C=O) groups excluding carboxylic acids is 2. The van der Waals surface area contributed by atoms with Gasteiger partial charge in [0.25, 0.3) is 0 Å². The van der Waals surface area contributed by atoms with E-state index in [-0.39, 0.29) is 6.03 Å². The monoisotopic (exact) mass is 546 g/mol. The normalized spacial score (nSPS) is 16.7. The number of aromatic nitrogens is 1. The van der Waals surface area contributed by atoms with Crippen LogP contribution < -0.4 is 5.32 Å². The van der Waals surface area contributed by atoms with Crippen molar-refractivity contribution in [3.05, 3.63) is 105 Å². The number of carbonyl (C=O) groups is 2. The van der Waals surface area contributed by atoms with Gasteiger partial charge < -0.3 is 24.4 Å². The van der Waals surface area contributed by atoms with Gasteiger partial charge >= 0.3 is 12.0 Å².